The number of fused-ring (bicyclic) bond motifs is 1. The Morgan fingerprint density at radius 1 is 1.45 bits per heavy atom. The van der Waals surface area contributed by atoms with Crippen LogP contribution in [0.3, 0.4) is 0 Å². The minimum atomic E-state index is -0.583. The Kier molecular flexibility index (Phi) is 4.08. The van der Waals surface area contributed by atoms with Gasteiger partial charge in [0.1, 0.15) is 17.2 Å². The number of aryl methyl sites for hydroxylation is 1. The second kappa shape index (κ2) is 5.62. The summed E-state index contributed by atoms with van der Waals surface area (Å²) in [4.78, 5) is 20.0. The van der Waals surface area contributed by atoms with Crippen LogP contribution in [-0.4, -0.2) is 38.5 Å². The summed E-state index contributed by atoms with van der Waals surface area (Å²) in [6, 6.07) is 0. The van der Waals surface area contributed by atoms with Gasteiger partial charge in [0.2, 0.25) is 0 Å². The number of aliphatic imine (C=N–C) groups is 1. The zero-order chi connectivity index (χ0) is 14.8. The van der Waals surface area contributed by atoms with E-state index >= 15 is 0 Å². The van der Waals surface area contributed by atoms with Crippen LogP contribution in [0.25, 0.3) is 0 Å². The highest BCUT2D eigenvalue weighted by molar-refractivity contribution is 6.45. The molecule has 0 spiro atoms. The number of amides is 1. The summed E-state index contributed by atoms with van der Waals surface area (Å²) in [7, 11) is 0. The number of unbranched alkanes of at least 4 members (excludes halogenated alkanes) is 2. The molecule has 1 aromatic rings. The van der Waals surface area contributed by atoms with Gasteiger partial charge in [0.25, 0.3) is 5.91 Å². The summed E-state index contributed by atoms with van der Waals surface area (Å²) in [6.45, 7) is 4.74. The topological polar surface area (TPSA) is 106 Å². The molecule has 0 fully saturated rings. The molecule has 1 aromatic heterocycles. The molecule has 7 nitrogen and oxygen atoms in total. The predicted octanol–water partition coefficient (Wildman–Crippen LogP) is 0.482. The van der Waals surface area contributed by atoms with Crippen molar-refractivity contribution in [3.05, 3.63) is 12.0 Å². The van der Waals surface area contributed by atoms with Gasteiger partial charge in [0, 0.05) is 13.2 Å². The second-order valence-corrected chi connectivity index (χ2v) is 5.43. The van der Waals surface area contributed by atoms with Gasteiger partial charge in [-0.2, -0.15) is 0 Å². The van der Waals surface area contributed by atoms with Crippen LogP contribution in [0.1, 0.15) is 38.8 Å². The zero-order valence-electron chi connectivity index (χ0n) is 11.9. The Labute approximate surface area is 117 Å². The van der Waals surface area contributed by atoms with E-state index in [0.717, 1.165) is 31.6 Å². The molecular weight excluding hydrogens is 258 g/mol. The normalized spacial score (nSPS) is 16.2. The maximum Gasteiger partial charge on any atom is 0.269 e. The summed E-state index contributed by atoms with van der Waals surface area (Å²) in [5, 5.41) is 12.0. The second-order valence-electron chi connectivity index (χ2n) is 5.43. The minimum absolute atomic E-state index is 0.214. The first-order chi connectivity index (χ1) is 9.44. The highest BCUT2D eigenvalue weighted by Gasteiger charge is 2.31. The largest absolute Gasteiger partial charge is 0.396 e. The third-order valence-electron chi connectivity index (χ3n) is 3.17. The lowest BCUT2D eigenvalue weighted by molar-refractivity contribution is -0.112. The highest BCUT2D eigenvalue weighted by atomic mass is 16.2. The van der Waals surface area contributed by atoms with E-state index in [1.165, 1.54) is 0 Å². The SMILES string of the molecule is CC1(C)N=C(C(N)=O)c2ncn(CCCCCO)c2N1. The molecule has 1 aliphatic heterocycles. The Balaban J connectivity index is 2.21. The van der Waals surface area contributed by atoms with Crippen molar-refractivity contribution in [3.63, 3.8) is 0 Å². The fourth-order valence-corrected chi connectivity index (χ4v) is 2.25. The van der Waals surface area contributed by atoms with Crippen molar-refractivity contribution in [3.8, 4) is 0 Å². The third kappa shape index (κ3) is 2.98. The van der Waals surface area contributed by atoms with E-state index < -0.39 is 11.6 Å². The summed E-state index contributed by atoms with van der Waals surface area (Å²) < 4.78 is 1.96. The summed E-state index contributed by atoms with van der Waals surface area (Å²) >= 11 is 0. The molecule has 4 N–H and O–H groups in total. The molecule has 0 aromatic carbocycles. The van der Waals surface area contributed by atoms with Gasteiger partial charge >= 0.3 is 0 Å². The number of imidazole rings is 1. The number of rotatable bonds is 6. The molecule has 2 heterocycles. The molecule has 110 valence electrons. The van der Waals surface area contributed by atoms with Gasteiger partial charge in [-0.3, -0.25) is 4.79 Å². The van der Waals surface area contributed by atoms with Crippen LogP contribution in [0.15, 0.2) is 11.3 Å². The summed E-state index contributed by atoms with van der Waals surface area (Å²) in [6.07, 6.45) is 4.37. The van der Waals surface area contributed by atoms with E-state index in [9.17, 15) is 4.79 Å². The van der Waals surface area contributed by atoms with E-state index in [0.29, 0.717) is 5.69 Å². The number of nitrogens with one attached hydrogen (secondary N) is 1. The zero-order valence-corrected chi connectivity index (χ0v) is 11.9. The van der Waals surface area contributed by atoms with Gasteiger partial charge < -0.3 is 20.7 Å². The predicted molar refractivity (Wildman–Crippen MR) is 76.6 cm³/mol. The van der Waals surface area contributed by atoms with Gasteiger partial charge in [0.15, 0.2) is 5.71 Å². The Morgan fingerprint density at radius 3 is 2.85 bits per heavy atom. The molecule has 0 atom stereocenters. The Hall–Kier alpha value is -1.89. The van der Waals surface area contributed by atoms with E-state index in [1.54, 1.807) is 6.33 Å². The maximum absolute atomic E-state index is 11.5. The molecule has 2 rings (SSSR count). The van der Waals surface area contributed by atoms with Gasteiger partial charge in [-0.05, 0) is 33.1 Å². The lowest BCUT2D eigenvalue weighted by Gasteiger charge is -2.29. The standard InChI is InChI=1S/C13H21N5O2/c1-13(2)16-9(11(14)20)10-12(17-13)18(8-15-10)6-4-3-5-7-19/h8,17,19H,3-7H2,1-2H3,(H2,14,20). The lowest BCUT2D eigenvalue weighted by atomic mass is 10.1. The quantitative estimate of drug-likeness (QED) is 0.658. The fourth-order valence-electron chi connectivity index (χ4n) is 2.25. The van der Waals surface area contributed by atoms with E-state index in [2.05, 4.69) is 15.3 Å². The molecule has 1 aliphatic rings. The first-order valence-electron chi connectivity index (χ1n) is 6.79. The first kappa shape index (κ1) is 14.5. The third-order valence-corrected chi connectivity index (χ3v) is 3.17. The van der Waals surface area contributed by atoms with Crippen molar-refractivity contribution < 1.29 is 9.90 Å². The van der Waals surface area contributed by atoms with Crippen molar-refractivity contribution >= 4 is 17.4 Å². The molecule has 0 radical (unpaired) electrons. The molecule has 0 saturated carbocycles. The number of nitrogens with two attached hydrogens (primary N) is 1. The molecule has 1 amide bonds. The van der Waals surface area contributed by atoms with Gasteiger partial charge in [-0.1, -0.05) is 0 Å². The van der Waals surface area contributed by atoms with Crippen LogP contribution in [0.4, 0.5) is 5.82 Å². The van der Waals surface area contributed by atoms with Crippen LogP contribution in [0.5, 0.6) is 0 Å². The van der Waals surface area contributed by atoms with Crippen molar-refractivity contribution in [1.29, 1.82) is 0 Å². The Morgan fingerprint density at radius 2 is 2.20 bits per heavy atom. The van der Waals surface area contributed by atoms with E-state index in [1.807, 2.05) is 18.4 Å². The number of hydrogen-bond acceptors (Lipinski definition) is 5. The summed E-state index contributed by atoms with van der Waals surface area (Å²) in [5.74, 6) is 0.217. The van der Waals surface area contributed by atoms with Crippen molar-refractivity contribution in [1.82, 2.24) is 9.55 Å². The van der Waals surface area contributed by atoms with Gasteiger partial charge in [-0.25, -0.2) is 9.98 Å². The smallest absolute Gasteiger partial charge is 0.269 e. The van der Waals surface area contributed by atoms with Gasteiger partial charge in [-0.15, -0.1) is 0 Å². The van der Waals surface area contributed by atoms with Crippen LogP contribution in [-0.2, 0) is 11.3 Å². The van der Waals surface area contributed by atoms with Crippen LogP contribution >= 0.6 is 0 Å². The molecular formula is C13H21N5O2. The number of carbonyl (C=O) groups is 1. The lowest BCUT2D eigenvalue weighted by Crippen LogP contribution is -2.39. The van der Waals surface area contributed by atoms with Crippen molar-refractivity contribution in [2.24, 2.45) is 10.7 Å². The number of carbonyl (C=O) groups excluding carboxylic acids is 1. The number of primary amides is 1. The number of anilines is 1. The number of aliphatic hydroxyl groups excluding tert-OH is 1. The Bertz CT molecular complexity index is 533. The maximum atomic E-state index is 11.5. The van der Waals surface area contributed by atoms with E-state index in [-0.39, 0.29) is 12.3 Å². The number of aliphatic hydroxyl groups is 1. The fraction of sp³-hybridized carbons (Fsp3) is 0.615. The number of nitrogens with zero attached hydrogens (tertiary/aromatic N) is 3. The van der Waals surface area contributed by atoms with Crippen molar-refractivity contribution in [2.45, 2.75) is 45.3 Å². The average molecular weight is 279 g/mol. The molecule has 20 heavy (non-hydrogen) atoms. The first-order valence-corrected chi connectivity index (χ1v) is 6.79. The summed E-state index contributed by atoms with van der Waals surface area (Å²) in [5.41, 5.74) is 5.53. The molecule has 0 bridgehead atoms. The molecule has 0 aliphatic carbocycles. The van der Waals surface area contributed by atoms with Crippen LogP contribution < -0.4 is 11.1 Å². The number of aromatic nitrogens is 2. The van der Waals surface area contributed by atoms with Crippen LogP contribution in [0.2, 0.25) is 0 Å². The van der Waals surface area contributed by atoms with E-state index in [4.69, 9.17) is 10.8 Å². The van der Waals surface area contributed by atoms with Gasteiger partial charge in [0.05, 0.1) is 6.33 Å². The highest BCUT2D eigenvalue weighted by Crippen LogP contribution is 2.27. The van der Waals surface area contributed by atoms with Crippen molar-refractivity contribution in [2.75, 3.05) is 11.9 Å². The molecule has 0 saturated heterocycles. The molecule has 0 unspecified atom stereocenters. The average Bonchev–Trinajstić information content (AvgIpc) is 2.75. The number of hydrogen-bond donors (Lipinski definition) is 3. The minimum Gasteiger partial charge on any atom is -0.396 e. The monoisotopic (exact) mass is 279 g/mol. The molecule has 7 heteroatoms. The van der Waals surface area contributed by atoms with Crippen LogP contribution in [0, 0.1) is 0 Å².